The third-order valence-electron chi connectivity index (χ3n) is 1.79. The van der Waals surface area contributed by atoms with E-state index in [2.05, 4.69) is 11.9 Å². The van der Waals surface area contributed by atoms with Crippen molar-refractivity contribution in [2.24, 2.45) is 0 Å². The fraction of sp³-hybridized carbons (Fsp3) is 0.857. The molecule has 1 atom stereocenters. The number of likely N-dealkylation sites (tertiary alicyclic amines) is 1. The zero-order valence-corrected chi connectivity index (χ0v) is 7.43. The Balaban J connectivity index is 2.13. The maximum absolute atomic E-state index is 10.2. The zero-order chi connectivity index (χ0) is 8.27. The smallest absolute Gasteiger partial charge is 0.313 e. The topological polar surface area (TPSA) is 40.5 Å². The number of carboxylic acids is 1. The van der Waals surface area contributed by atoms with Crippen molar-refractivity contribution in [3.63, 3.8) is 0 Å². The molecule has 11 heavy (non-hydrogen) atoms. The molecule has 4 heteroatoms. The largest absolute Gasteiger partial charge is 0.481 e. The van der Waals surface area contributed by atoms with E-state index in [4.69, 9.17) is 5.11 Å². The summed E-state index contributed by atoms with van der Waals surface area (Å²) in [6.45, 7) is 2.15. The SMILES string of the molecule is CN1CCC(SCC(=O)O)C1. The normalized spacial score (nSPS) is 25.7. The van der Waals surface area contributed by atoms with Gasteiger partial charge in [0.25, 0.3) is 0 Å². The minimum absolute atomic E-state index is 0.249. The van der Waals surface area contributed by atoms with Crippen LogP contribution in [-0.4, -0.2) is 47.1 Å². The number of thioether (sulfide) groups is 1. The molecule has 0 aromatic carbocycles. The molecule has 0 amide bonds. The molecule has 1 N–H and O–H groups in total. The highest BCUT2D eigenvalue weighted by molar-refractivity contribution is 8.00. The lowest BCUT2D eigenvalue weighted by Crippen LogP contribution is -2.15. The first-order valence-electron chi connectivity index (χ1n) is 3.70. The molecule has 0 aromatic heterocycles. The van der Waals surface area contributed by atoms with Crippen molar-refractivity contribution in [1.29, 1.82) is 0 Å². The first kappa shape index (κ1) is 8.87. The van der Waals surface area contributed by atoms with Crippen LogP contribution in [0.25, 0.3) is 0 Å². The summed E-state index contributed by atoms with van der Waals surface area (Å²) in [4.78, 5) is 12.4. The highest BCUT2D eigenvalue weighted by Crippen LogP contribution is 2.20. The summed E-state index contributed by atoms with van der Waals surface area (Å²) < 4.78 is 0. The molecule has 64 valence electrons. The molecule has 1 fully saturated rings. The molecule has 0 aliphatic carbocycles. The minimum Gasteiger partial charge on any atom is -0.481 e. The van der Waals surface area contributed by atoms with Crippen LogP contribution < -0.4 is 0 Å². The maximum Gasteiger partial charge on any atom is 0.313 e. The van der Waals surface area contributed by atoms with Gasteiger partial charge >= 0.3 is 5.97 Å². The maximum atomic E-state index is 10.2. The van der Waals surface area contributed by atoms with Gasteiger partial charge in [-0.2, -0.15) is 0 Å². The van der Waals surface area contributed by atoms with E-state index in [0.717, 1.165) is 19.5 Å². The Bertz CT molecular complexity index is 151. The predicted molar refractivity (Wildman–Crippen MR) is 46.0 cm³/mol. The first-order valence-corrected chi connectivity index (χ1v) is 4.75. The van der Waals surface area contributed by atoms with Crippen LogP contribution in [0.15, 0.2) is 0 Å². The Morgan fingerprint density at radius 2 is 2.55 bits per heavy atom. The van der Waals surface area contributed by atoms with E-state index in [0.29, 0.717) is 5.25 Å². The quantitative estimate of drug-likeness (QED) is 0.678. The highest BCUT2D eigenvalue weighted by Gasteiger charge is 2.20. The molecule has 1 saturated heterocycles. The van der Waals surface area contributed by atoms with Crippen molar-refractivity contribution in [2.75, 3.05) is 25.9 Å². The summed E-state index contributed by atoms with van der Waals surface area (Å²) in [6, 6.07) is 0. The Morgan fingerprint density at radius 3 is 3.00 bits per heavy atom. The van der Waals surface area contributed by atoms with Crippen molar-refractivity contribution in [2.45, 2.75) is 11.7 Å². The molecule has 0 radical (unpaired) electrons. The van der Waals surface area contributed by atoms with Crippen molar-refractivity contribution in [3.05, 3.63) is 0 Å². The predicted octanol–water partition coefficient (Wildman–Crippen LogP) is 0.508. The lowest BCUT2D eigenvalue weighted by atomic mass is 10.4. The van der Waals surface area contributed by atoms with Gasteiger partial charge in [0.2, 0.25) is 0 Å². The zero-order valence-electron chi connectivity index (χ0n) is 6.62. The van der Waals surface area contributed by atoms with Gasteiger partial charge < -0.3 is 10.0 Å². The van der Waals surface area contributed by atoms with Crippen LogP contribution in [0.5, 0.6) is 0 Å². The molecular formula is C7H13NO2S. The van der Waals surface area contributed by atoms with Crippen LogP contribution in [0.4, 0.5) is 0 Å². The molecule has 1 aliphatic rings. The molecule has 0 bridgehead atoms. The van der Waals surface area contributed by atoms with Crippen molar-refractivity contribution >= 4 is 17.7 Å². The van der Waals surface area contributed by atoms with E-state index >= 15 is 0 Å². The third kappa shape index (κ3) is 3.12. The average molecular weight is 175 g/mol. The number of nitrogens with zero attached hydrogens (tertiary/aromatic N) is 1. The molecule has 3 nitrogen and oxygen atoms in total. The molecule has 1 rings (SSSR count). The van der Waals surface area contributed by atoms with Gasteiger partial charge in [-0.05, 0) is 20.0 Å². The molecule has 0 spiro atoms. The lowest BCUT2D eigenvalue weighted by Gasteiger charge is -2.07. The molecule has 1 aliphatic heterocycles. The first-order chi connectivity index (χ1) is 5.18. The Labute approximate surface area is 70.8 Å². The van der Waals surface area contributed by atoms with Crippen LogP contribution >= 0.6 is 11.8 Å². The van der Waals surface area contributed by atoms with Crippen molar-refractivity contribution in [3.8, 4) is 0 Å². The number of hydrogen-bond donors (Lipinski definition) is 1. The number of carboxylic acid groups (broad SMARTS) is 1. The highest BCUT2D eigenvalue weighted by atomic mass is 32.2. The summed E-state index contributed by atoms with van der Waals surface area (Å²) in [5.41, 5.74) is 0. The van der Waals surface area contributed by atoms with Gasteiger partial charge in [0.05, 0.1) is 5.75 Å². The number of carbonyl (C=O) groups is 1. The number of rotatable bonds is 3. The summed E-state index contributed by atoms with van der Waals surface area (Å²) in [6.07, 6.45) is 1.13. The monoisotopic (exact) mass is 175 g/mol. The summed E-state index contributed by atoms with van der Waals surface area (Å²) >= 11 is 1.55. The van der Waals surface area contributed by atoms with Gasteiger partial charge in [-0.15, -0.1) is 11.8 Å². The standard InChI is InChI=1S/C7H13NO2S/c1-8-3-2-6(4-8)11-5-7(9)10/h6H,2-5H2,1H3,(H,9,10). The second-order valence-corrected chi connectivity index (χ2v) is 4.17. The van der Waals surface area contributed by atoms with Crippen molar-refractivity contribution in [1.82, 2.24) is 4.90 Å². The van der Waals surface area contributed by atoms with Gasteiger partial charge in [-0.1, -0.05) is 0 Å². The van der Waals surface area contributed by atoms with Crippen LogP contribution in [0.2, 0.25) is 0 Å². The van der Waals surface area contributed by atoms with Gasteiger partial charge in [0.1, 0.15) is 0 Å². The van der Waals surface area contributed by atoms with E-state index < -0.39 is 5.97 Å². The van der Waals surface area contributed by atoms with Crippen LogP contribution in [0.1, 0.15) is 6.42 Å². The Kier molecular flexibility index (Phi) is 3.20. The fourth-order valence-corrected chi connectivity index (χ4v) is 2.23. The second kappa shape index (κ2) is 3.97. The third-order valence-corrected chi connectivity index (χ3v) is 3.06. The second-order valence-electron chi connectivity index (χ2n) is 2.88. The fourth-order valence-electron chi connectivity index (χ4n) is 1.22. The van der Waals surface area contributed by atoms with Gasteiger partial charge in [-0.3, -0.25) is 4.79 Å². The summed E-state index contributed by atoms with van der Waals surface area (Å²) in [5, 5.41) is 8.94. The van der Waals surface area contributed by atoms with Gasteiger partial charge in [-0.25, -0.2) is 0 Å². The number of aliphatic carboxylic acids is 1. The molecular weight excluding hydrogens is 162 g/mol. The van der Waals surface area contributed by atoms with E-state index in [1.807, 2.05) is 0 Å². The molecule has 0 saturated carbocycles. The van der Waals surface area contributed by atoms with Crippen LogP contribution in [0.3, 0.4) is 0 Å². The lowest BCUT2D eigenvalue weighted by molar-refractivity contribution is -0.133. The average Bonchev–Trinajstić information content (AvgIpc) is 2.31. The minimum atomic E-state index is -0.704. The van der Waals surface area contributed by atoms with Crippen LogP contribution in [-0.2, 0) is 4.79 Å². The Morgan fingerprint density at radius 1 is 1.82 bits per heavy atom. The molecule has 1 unspecified atom stereocenters. The van der Waals surface area contributed by atoms with E-state index in [9.17, 15) is 4.79 Å². The van der Waals surface area contributed by atoms with Gasteiger partial charge in [0, 0.05) is 11.8 Å². The Hall–Kier alpha value is -0.220. The molecule has 1 heterocycles. The van der Waals surface area contributed by atoms with E-state index in [1.165, 1.54) is 0 Å². The number of hydrogen-bond acceptors (Lipinski definition) is 3. The van der Waals surface area contributed by atoms with Gasteiger partial charge in [0.15, 0.2) is 0 Å². The summed E-state index contributed by atoms with van der Waals surface area (Å²) in [5.74, 6) is -0.456. The van der Waals surface area contributed by atoms with E-state index in [1.54, 1.807) is 11.8 Å². The summed E-state index contributed by atoms with van der Waals surface area (Å²) in [7, 11) is 2.07. The van der Waals surface area contributed by atoms with Crippen LogP contribution in [0, 0.1) is 0 Å². The van der Waals surface area contributed by atoms with Crippen molar-refractivity contribution < 1.29 is 9.90 Å². The van der Waals surface area contributed by atoms with E-state index in [-0.39, 0.29) is 5.75 Å². The molecule has 0 aromatic rings.